The van der Waals surface area contributed by atoms with Crippen molar-refractivity contribution in [3.63, 3.8) is 0 Å². The molecular weight excluding hydrogens is 436 g/mol. The fraction of sp³-hybridized carbons (Fsp3) is 0.150. The first kappa shape index (κ1) is 23.3. The largest absolute Gasteiger partial charge is 0.484 e. The Labute approximate surface area is 182 Å². The van der Waals surface area contributed by atoms with Crippen LogP contribution in [0.2, 0.25) is 10.0 Å². The van der Waals surface area contributed by atoms with Gasteiger partial charge in [-0.05, 0) is 24.3 Å². The van der Waals surface area contributed by atoms with Crippen LogP contribution in [0.1, 0.15) is 16.9 Å². The Morgan fingerprint density at radius 2 is 1.93 bits per heavy atom. The van der Waals surface area contributed by atoms with Gasteiger partial charge in [0.2, 0.25) is 0 Å². The molecule has 2 rings (SSSR count). The maximum Gasteiger partial charge on any atom is 0.273 e. The molecule has 1 aromatic carbocycles. The highest BCUT2D eigenvalue weighted by Crippen LogP contribution is 2.20. The van der Waals surface area contributed by atoms with Gasteiger partial charge in [-0.15, -0.1) is 0 Å². The fourth-order valence-corrected chi connectivity index (χ4v) is 2.39. The maximum atomic E-state index is 13.3. The van der Waals surface area contributed by atoms with E-state index in [1.54, 1.807) is 0 Å². The van der Waals surface area contributed by atoms with E-state index in [1.807, 2.05) is 0 Å². The van der Waals surface area contributed by atoms with Gasteiger partial charge in [0.15, 0.2) is 6.61 Å². The van der Waals surface area contributed by atoms with Crippen LogP contribution in [0.25, 0.3) is 0 Å². The summed E-state index contributed by atoms with van der Waals surface area (Å²) in [4.78, 5) is 27.9. The van der Waals surface area contributed by atoms with Gasteiger partial charge in [0.05, 0.1) is 16.1 Å². The first-order valence-corrected chi connectivity index (χ1v) is 9.26. The number of nitrogens with zero attached hydrogens (tertiary/aromatic N) is 1. The average molecular weight is 454 g/mol. The van der Waals surface area contributed by atoms with Gasteiger partial charge >= 0.3 is 0 Å². The molecule has 0 radical (unpaired) electrons. The molecule has 0 aliphatic carbocycles. The zero-order valence-electron chi connectivity index (χ0n) is 15.6. The van der Waals surface area contributed by atoms with Crippen LogP contribution in [0.3, 0.4) is 0 Å². The number of carbonyl (C=O) groups excluding carboxylic acids is 2. The van der Waals surface area contributed by atoms with Gasteiger partial charge in [-0.1, -0.05) is 36.4 Å². The van der Waals surface area contributed by atoms with E-state index in [1.165, 1.54) is 30.5 Å². The minimum atomic E-state index is -1.21. The standard InChI is InChI=1S/C20H18Cl2FN3O4/c1-11(25-20(29)17-6-3-13(21)9-24-17)7-18(27)12(2)26-19(28)10-30-14-4-5-15(22)16(23)8-14/h3-6,8-9,18,27H,1-2,7,10H2,(H,25,29)(H,26,28)/t18-/m0/s1. The minimum absolute atomic E-state index is 0.0223. The summed E-state index contributed by atoms with van der Waals surface area (Å²) in [5.41, 5.74) is 0.288. The Hall–Kier alpha value is -2.94. The average Bonchev–Trinajstić information content (AvgIpc) is 2.69. The lowest BCUT2D eigenvalue weighted by molar-refractivity contribution is -0.122. The summed E-state index contributed by atoms with van der Waals surface area (Å²) in [6.45, 7) is 6.80. The van der Waals surface area contributed by atoms with E-state index in [9.17, 15) is 19.1 Å². The molecule has 2 aromatic rings. The van der Waals surface area contributed by atoms with Crippen LogP contribution in [0.15, 0.2) is 61.1 Å². The van der Waals surface area contributed by atoms with E-state index in [-0.39, 0.29) is 34.3 Å². The van der Waals surface area contributed by atoms with Crippen LogP contribution in [0.4, 0.5) is 4.39 Å². The SMILES string of the molecule is C=C(C[C@H](O)C(=C)NC(=O)COc1ccc(Cl)c(F)c1)NC(=O)c1ccc(Cl)cn1. The van der Waals surface area contributed by atoms with Crippen molar-refractivity contribution in [1.29, 1.82) is 0 Å². The molecule has 10 heteroatoms. The van der Waals surface area contributed by atoms with E-state index < -0.39 is 30.3 Å². The molecule has 0 saturated heterocycles. The van der Waals surface area contributed by atoms with Crippen LogP contribution >= 0.6 is 23.2 Å². The van der Waals surface area contributed by atoms with Crippen molar-refractivity contribution in [2.45, 2.75) is 12.5 Å². The summed E-state index contributed by atoms with van der Waals surface area (Å²) in [5, 5.41) is 15.3. The van der Waals surface area contributed by atoms with Crippen LogP contribution in [0, 0.1) is 5.82 Å². The quantitative estimate of drug-likeness (QED) is 0.540. The number of carbonyl (C=O) groups is 2. The Balaban J connectivity index is 1.77. The first-order chi connectivity index (χ1) is 14.2. The molecule has 2 amide bonds. The van der Waals surface area contributed by atoms with Crippen molar-refractivity contribution in [1.82, 2.24) is 15.6 Å². The predicted octanol–water partition coefficient (Wildman–Crippen LogP) is 3.23. The first-order valence-electron chi connectivity index (χ1n) is 8.51. The molecule has 1 heterocycles. The molecule has 0 aliphatic rings. The lowest BCUT2D eigenvalue weighted by Crippen LogP contribution is -2.34. The third kappa shape index (κ3) is 7.14. The molecule has 0 unspecified atom stereocenters. The van der Waals surface area contributed by atoms with Crippen LogP contribution in [-0.2, 0) is 4.79 Å². The third-order valence-corrected chi connectivity index (χ3v) is 4.18. The van der Waals surface area contributed by atoms with Gasteiger partial charge in [-0.25, -0.2) is 9.37 Å². The number of benzene rings is 1. The second-order valence-electron chi connectivity index (χ2n) is 6.08. The van der Waals surface area contributed by atoms with E-state index >= 15 is 0 Å². The summed E-state index contributed by atoms with van der Waals surface area (Å²) < 4.78 is 18.5. The number of amides is 2. The number of aliphatic hydroxyl groups is 1. The number of rotatable bonds is 9. The topological polar surface area (TPSA) is 101 Å². The molecular formula is C20H18Cl2FN3O4. The Morgan fingerprint density at radius 1 is 1.20 bits per heavy atom. The van der Waals surface area contributed by atoms with Gasteiger partial charge in [0.1, 0.15) is 17.3 Å². The molecule has 1 aromatic heterocycles. The summed E-state index contributed by atoms with van der Waals surface area (Å²) in [7, 11) is 0. The molecule has 0 spiro atoms. The van der Waals surface area contributed by atoms with Crippen molar-refractivity contribution in [2.75, 3.05) is 6.61 Å². The Kier molecular flexibility index (Phi) is 8.35. The molecule has 0 bridgehead atoms. The highest BCUT2D eigenvalue weighted by Gasteiger charge is 2.16. The number of pyridine rings is 1. The second-order valence-corrected chi connectivity index (χ2v) is 6.92. The summed E-state index contributed by atoms with van der Waals surface area (Å²) >= 11 is 11.3. The number of nitrogens with one attached hydrogen (secondary N) is 2. The second kappa shape index (κ2) is 10.7. The lowest BCUT2D eigenvalue weighted by Gasteiger charge is -2.17. The van der Waals surface area contributed by atoms with Crippen molar-refractivity contribution < 1.29 is 23.8 Å². The zero-order valence-corrected chi connectivity index (χ0v) is 17.1. The molecule has 0 aliphatic heterocycles. The molecule has 3 N–H and O–H groups in total. The molecule has 30 heavy (non-hydrogen) atoms. The summed E-state index contributed by atoms with van der Waals surface area (Å²) in [5.74, 6) is -1.70. The normalized spacial score (nSPS) is 11.3. The Morgan fingerprint density at radius 3 is 2.57 bits per heavy atom. The highest BCUT2D eigenvalue weighted by molar-refractivity contribution is 6.30. The number of ether oxygens (including phenoxy) is 1. The van der Waals surface area contributed by atoms with Crippen LogP contribution < -0.4 is 15.4 Å². The fourth-order valence-electron chi connectivity index (χ4n) is 2.16. The Bertz CT molecular complexity index is 967. The van der Waals surface area contributed by atoms with E-state index in [2.05, 4.69) is 28.8 Å². The van der Waals surface area contributed by atoms with Crippen molar-refractivity contribution in [3.8, 4) is 5.75 Å². The van der Waals surface area contributed by atoms with Gasteiger partial charge in [0, 0.05) is 30.1 Å². The predicted molar refractivity (Wildman–Crippen MR) is 111 cm³/mol. The van der Waals surface area contributed by atoms with E-state index in [0.29, 0.717) is 5.02 Å². The molecule has 0 saturated carbocycles. The van der Waals surface area contributed by atoms with Crippen molar-refractivity contribution >= 4 is 35.0 Å². The third-order valence-electron chi connectivity index (χ3n) is 3.65. The van der Waals surface area contributed by atoms with Gasteiger partial charge < -0.3 is 20.5 Å². The van der Waals surface area contributed by atoms with Gasteiger partial charge in [0.25, 0.3) is 11.8 Å². The zero-order chi connectivity index (χ0) is 22.3. The number of aliphatic hydroxyl groups excluding tert-OH is 1. The van der Waals surface area contributed by atoms with Crippen molar-refractivity contribution in [2.24, 2.45) is 0 Å². The smallest absolute Gasteiger partial charge is 0.273 e. The molecule has 0 fully saturated rings. The molecule has 7 nitrogen and oxygen atoms in total. The summed E-state index contributed by atoms with van der Waals surface area (Å²) in [6, 6.07) is 6.70. The van der Waals surface area contributed by atoms with Gasteiger partial charge in [-0.2, -0.15) is 0 Å². The number of halogens is 3. The minimum Gasteiger partial charge on any atom is -0.484 e. The lowest BCUT2D eigenvalue weighted by atomic mass is 10.1. The van der Waals surface area contributed by atoms with Crippen molar-refractivity contribution in [3.05, 3.63) is 82.6 Å². The maximum absolute atomic E-state index is 13.3. The number of hydrogen-bond donors (Lipinski definition) is 3. The highest BCUT2D eigenvalue weighted by atomic mass is 35.5. The van der Waals surface area contributed by atoms with E-state index in [0.717, 1.165) is 6.07 Å². The molecule has 158 valence electrons. The van der Waals surface area contributed by atoms with Crippen LogP contribution in [-0.4, -0.2) is 34.6 Å². The van der Waals surface area contributed by atoms with E-state index in [4.69, 9.17) is 27.9 Å². The summed E-state index contributed by atoms with van der Waals surface area (Å²) in [6.07, 6.45) is 0.0149. The molecule has 1 atom stereocenters. The van der Waals surface area contributed by atoms with Gasteiger partial charge in [-0.3, -0.25) is 9.59 Å². The van der Waals surface area contributed by atoms with Crippen LogP contribution in [0.5, 0.6) is 5.75 Å². The number of hydrogen-bond acceptors (Lipinski definition) is 5. The number of aromatic nitrogens is 1. The monoisotopic (exact) mass is 453 g/mol.